The predicted octanol–water partition coefficient (Wildman–Crippen LogP) is 3.36. The molecule has 1 aliphatic carbocycles. The minimum atomic E-state index is -0.143. The van der Waals surface area contributed by atoms with Crippen LogP contribution in [-0.2, 0) is 4.74 Å². The van der Waals surface area contributed by atoms with E-state index in [0.29, 0.717) is 40.3 Å². The third-order valence-electron chi connectivity index (χ3n) is 6.57. The molecule has 30 heavy (non-hydrogen) atoms. The van der Waals surface area contributed by atoms with E-state index >= 15 is 0 Å². The zero-order valence-electron chi connectivity index (χ0n) is 16.7. The molecule has 4 aromatic rings. The first-order chi connectivity index (χ1) is 14.6. The Balaban J connectivity index is 1.70. The number of fused-ring (bicyclic) bond motifs is 3. The topological polar surface area (TPSA) is 79.2 Å². The van der Waals surface area contributed by atoms with Gasteiger partial charge in [-0.3, -0.25) is 13.8 Å². The third kappa shape index (κ3) is 2.43. The number of nitrogens with zero attached hydrogens (tertiary/aromatic N) is 6. The molecule has 8 nitrogen and oxygen atoms in total. The molecule has 1 saturated carbocycles. The van der Waals surface area contributed by atoms with Gasteiger partial charge in [0.1, 0.15) is 6.33 Å². The molecule has 0 bridgehead atoms. The summed E-state index contributed by atoms with van der Waals surface area (Å²) >= 11 is 6.60. The van der Waals surface area contributed by atoms with Gasteiger partial charge in [-0.1, -0.05) is 29.8 Å². The lowest BCUT2D eigenvalue weighted by Crippen LogP contribution is -2.31. The van der Waals surface area contributed by atoms with Crippen molar-refractivity contribution in [1.82, 2.24) is 28.9 Å². The number of ether oxygens (including phenoxy) is 1. The van der Waals surface area contributed by atoms with Crippen LogP contribution in [0, 0.1) is 5.92 Å². The van der Waals surface area contributed by atoms with E-state index in [1.165, 1.54) is 0 Å². The van der Waals surface area contributed by atoms with Crippen LogP contribution >= 0.6 is 11.6 Å². The Morgan fingerprint density at radius 3 is 2.80 bits per heavy atom. The van der Waals surface area contributed by atoms with Gasteiger partial charge in [0.15, 0.2) is 11.3 Å². The number of aromatic nitrogens is 6. The summed E-state index contributed by atoms with van der Waals surface area (Å²) in [5.41, 5.74) is 2.87. The lowest BCUT2D eigenvalue weighted by atomic mass is 10.1. The molecule has 1 saturated heterocycles. The first-order valence-electron chi connectivity index (χ1n) is 10.3. The van der Waals surface area contributed by atoms with E-state index in [0.717, 1.165) is 24.1 Å². The van der Waals surface area contributed by atoms with Gasteiger partial charge in [0.05, 0.1) is 40.1 Å². The van der Waals surface area contributed by atoms with Crippen molar-refractivity contribution in [3.63, 3.8) is 0 Å². The Morgan fingerprint density at radius 1 is 1.23 bits per heavy atom. The summed E-state index contributed by atoms with van der Waals surface area (Å²) in [6, 6.07) is 5.57. The van der Waals surface area contributed by atoms with Crippen LogP contribution in [0.2, 0.25) is 5.02 Å². The second-order valence-electron chi connectivity index (χ2n) is 8.39. The number of rotatable bonds is 3. The SMILES string of the molecule is CC1CC1c1cnnn1-c1ncn2c1c(=O)n(C1CCOC1C)c1c(Cl)cccc12. The van der Waals surface area contributed by atoms with Crippen LogP contribution < -0.4 is 5.56 Å². The van der Waals surface area contributed by atoms with Gasteiger partial charge in [0.2, 0.25) is 0 Å². The standard InChI is InChI=1S/C21H21ClN6O2/c1-11-8-13(11)17-9-24-25-28(17)20-19-21(29)27(15-6-7-30-12(15)2)18-14(22)4-3-5-16(18)26(19)10-23-20/h3-5,9-13,15H,6-8H2,1-2H3. The number of hydrogen-bond donors (Lipinski definition) is 0. The van der Waals surface area contributed by atoms with Crippen LogP contribution in [0.1, 0.15) is 44.3 Å². The molecule has 0 spiro atoms. The summed E-state index contributed by atoms with van der Waals surface area (Å²) < 4.78 is 11.1. The molecule has 1 aliphatic heterocycles. The van der Waals surface area contributed by atoms with Crippen molar-refractivity contribution >= 4 is 28.2 Å². The van der Waals surface area contributed by atoms with E-state index in [-0.39, 0.29) is 17.7 Å². The monoisotopic (exact) mass is 424 g/mol. The van der Waals surface area contributed by atoms with Crippen LogP contribution in [0.4, 0.5) is 0 Å². The van der Waals surface area contributed by atoms with Crippen molar-refractivity contribution in [3.05, 3.63) is 51.8 Å². The maximum atomic E-state index is 13.9. The van der Waals surface area contributed by atoms with Crippen LogP contribution in [0.3, 0.4) is 0 Å². The maximum absolute atomic E-state index is 13.9. The van der Waals surface area contributed by atoms with Crippen molar-refractivity contribution < 1.29 is 4.74 Å². The Morgan fingerprint density at radius 2 is 2.07 bits per heavy atom. The van der Waals surface area contributed by atoms with Crippen molar-refractivity contribution in [1.29, 1.82) is 0 Å². The fraction of sp³-hybridized carbons (Fsp3) is 0.429. The Labute approximate surface area is 177 Å². The molecular formula is C21H21ClN6O2. The van der Waals surface area contributed by atoms with Crippen LogP contribution in [0.15, 0.2) is 35.5 Å². The zero-order chi connectivity index (χ0) is 20.6. The molecule has 0 amide bonds. The van der Waals surface area contributed by atoms with Gasteiger partial charge in [-0.05, 0) is 37.8 Å². The predicted molar refractivity (Wildman–Crippen MR) is 112 cm³/mol. The number of hydrogen-bond acceptors (Lipinski definition) is 5. The van der Waals surface area contributed by atoms with Crippen LogP contribution in [0.25, 0.3) is 22.4 Å². The molecule has 1 aromatic carbocycles. The molecule has 0 radical (unpaired) electrons. The Kier molecular flexibility index (Phi) is 3.85. The van der Waals surface area contributed by atoms with Gasteiger partial charge >= 0.3 is 0 Å². The van der Waals surface area contributed by atoms with Gasteiger partial charge in [-0.15, -0.1) is 5.10 Å². The molecule has 154 valence electrons. The second kappa shape index (κ2) is 6.39. The van der Waals surface area contributed by atoms with E-state index in [1.54, 1.807) is 21.8 Å². The number of halogens is 1. The summed E-state index contributed by atoms with van der Waals surface area (Å²) in [5, 5.41) is 8.93. The van der Waals surface area contributed by atoms with Crippen molar-refractivity contribution in [2.24, 2.45) is 5.92 Å². The highest BCUT2D eigenvalue weighted by Gasteiger charge is 2.38. The van der Waals surface area contributed by atoms with Crippen molar-refractivity contribution in [2.75, 3.05) is 6.61 Å². The minimum absolute atomic E-state index is 0.0785. The van der Waals surface area contributed by atoms with E-state index < -0.39 is 0 Å². The highest BCUT2D eigenvalue weighted by atomic mass is 35.5. The van der Waals surface area contributed by atoms with Crippen LogP contribution in [0.5, 0.6) is 0 Å². The largest absolute Gasteiger partial charge is 0.376 e. The Bertz CT molecular complexity index is 1360. The second-order valence-corrected chi connectivity index (χ2v) is 8.80. The highest BCUT2D eigenvalue weighted by Crippen LogP contribution is 2.47. The fourth-order valence-corrected chi connectivity index (χ4v) is 5.06. The molecule has 4 atom stereocenters. The van der Waals surface area contributed by atoms with E-state index in [9.17, 15) is 4.79 Å². The van der Waals surface area contributed by atoms with Crippen LogP contribution in [-0.4, -0.2) is 41.7 Å². The maximum Gasteiger partial charge on any atom is 0.279 e. The molecule has 3 aromatic heterocycles. The smallest absolute Gasteiger partial charge is 0.279 e. The molecule has 0 N–H and O–H groups in total. The van der Waals surface area contributed by atoms with Crippen molar-refractivity contribution in [2.45, 2.75) is 44.8 Å². The molecule has 4 unspecified atom stereocenters. The van der Waals surface area contributed by atoms with Crippen molar-refractivity contribution in [3.8, 4) is 5.82 Å². The summed E-state index contributed by atoms with van der Waals surface area (Å²) in [6.45, 7) is 4.82. The quantitative estimate of drug-likeness (QED) is 0.504. The first kappa shape index (κ1) is 18.1. The molecule has 9 heteroatoms. The zero-order valence-corrected chi connectivity index (χ0v) is 17.5. The van der Waals surface area contributed by atoms with E-state index in [1.807, 2.05) is 29.5 Å². The molecule has 6 rings (SSSR count). The average Bonchev–Trinajstić information content (AvgIpc) is 3.16. The van der Waals surface area contributed by atoms with E-state index in [4.69, 9.17) is 16.3 Å². The summed E-state index contributed by atoms with van der Waals surface area (Å²) in [7, 11) is 0. The summed E-state index contributed by atoms with van der Waals surface area (Å²) in [4.78, 5) is 18.5. The summed E-state index contributed by atoms with van der Waals surface area (Å²) in [6.07, 6.45) is 5.23. The first-order valence-corrected chi connectivity index (χ1v) is 10.7. The van der Waals surface area contributed by atoms with E-state index in [2.05, 4.69) is 22.2 Å². The van der Waals surface area contributed by atoms with Gasteiger partial charge in [-0.2, -0.15) is 4.68 Å². The average molecular weight is 425 g/mol. The molecule has 4 heterocycles. The molecular weight excluding hydrogens is 404 g/mol. The molecule has 2 aliphatic rings. The normalized spacial score (nSPS) is 26.1. The lowest BCUT2D eigenvalue weighted by Gasteiger charge is -2.21. The van der Waals surface area contributed by atoms with Gasteiger partial charge in [-0.25, -0.2) is 4.98 Å². The highest BCUT2D eigenvalue weighted by molar-refractivity contribution is 6.35. The lowest BCUT2D eigenvalue weighted by molar-refractivity contribution is 0.108. The number of benzene rings is 1. The van der Waals surface area contributed by atoms with Gasteiger partial charge in [0, 0.05) is 12.5 Å². The van der Waals surface area contributed by atoms with Gasteiger partial charge < -0.3 is 4.74 Å². The fourth-order valence-electron chi connectivity index (χ4n) is 4.80. The summed E-state index contributed by atoms with van der Waals surface area (Å²) in [5.74, 6) is 1.50. The third-order valence-corrected chi connectivity index (χ3v) is 6.87. The number of imidazole rings is 1. The number of para-hydroxylation sites is 1. The molecule has 2 fully saturated rings. The Hall–Kier alpha value is -2.71. The van der Waals surface area contributed by atoms with Gasteiger partial charge in [0.25, 0.3) is 5.56 Å². The minimum Gasteiger partial charge on any atom is -0.376 e.